The standard InChI is InChI=1S/C15H20N2O3/c1-16(20-2)15(19)13-8-9-17(11-14(13)18)10-12-6-4-3-5-7-12/h3-7,13H,8-11H2,1-2H3. The van der Waals surface area contributed by atoms with Gasteiger partial charge >= 0.3 is 0 Å². The van der Waals surface area contributed by atoms with Crippen molar-refractivity contribution in [2.45, 2.75) is 13.0 Å². The molecule has 2 rings (SSSR count). The SMILES string of the molecule is CON(C)C(=O)C1CCN(Cc2ccccc2)CC1=O. The van der Waals surface area contributed by atoms with Gasteiger partial charge in [0.15, 0.2) is 5.78 Å². The van der Waals surface area contributed by atoms with Gasteiger partial charge in [-0.2, -0.15) is 0 Å². The monoisotopic (exact) mass is 276 g/mol. The van der Waals surface area contributed by atoms with E-state index in [4.69, 9.17) is 4.84 Å². The molecule has 0 aromatic heterocycles. The highest BCUT2D eigenvalue weighted by molar-refractivity contribution is 6.02. The Hall–Kier alpha value is -1.72. The van der Waals surface area contributed by atoms with E-state index in [1.54, 1.807) is 0 Å². The van der Waals surface area contributed by atoms with Crippen molar-refractivity contribution in [3.63, 3.8) is 0 Å². The minimum Gasteiger partial charge on any atom is -0.297 e. The van der Waals surface area contributed by atoms with Gasteiger partial charge in [-0.25, -0.2) is 5.06 Å². The number of benzene rings is 1. The number of likely N-dealkylation sites (tertiary alicyclic amines) is 1. The van der Waals surface area contributed by atoms with Crippen LogP contribution in [-0.4, -0.2) is 48.9 Å². The summed E-state index contributed by atoms with van der Waals surface area (Å²) in [7, 11) is 2.96. The topological polar surface area (TPSA) is 49.9 Å². The van der Waals surface area contributed by atoms with Crippen LogP contribution in [0.3, 0.4) is 0 Å². The van der Waals surface area contributed by atoms with Gasteiger partial charge in [-0.1, -0.05) is 30.3 Å². The predicted octanol–water partition coefficient (Wildman–Crippen LogP) is 1.10. The fourth-order valence-corrected chi connectivity index (χ4v) is 2.43. The smallest absolute Gasteiger partial charge is 0.256 e. The number of ketones is 1. The van der Waals surface area contributed by atoms with Crippen molar-refractivity contribution in [3.8, 4) is 0 Å². The molecule has 0 N–H and O–H groups in total. The number of hydrogen-bond donors (Lipinski definition) is 0. The highest BCUT2D eigenvalue weighted by atomic mass is 16.7. The van der Waals surface area contributed by atoms with E-state index < -0.39 is 5.92 Å². The van der Waals surface area contributed by atoms with Gasteiger partial charge in [0.25, 0.3) is 5.91 Å². The maximum Gasteiger partial charge on any atom is 0.256 e. The summed E-state index contributed by atoms with van der Waals surface area (Å²) in [5.74, 6) is -0.843. The first kappa shape index (κ1) is 14.7. The van der Waals surface area contributed by atoms with Crippen LogP contribution in [0.2, 0.25) is 0 Å². The molecule has 1 aromatic carbocycles. The van der Waals surface area contributed by atoms with Gasteiger partial charge < -0.3 is 0 Å². The number of carbonyl (C=O) groups excluding carboxylic acids is 2. The zero-order chi connectivity index (χ0) is 14.5. The van der Waals surface area contributed by atoms with Gasteiger partial charge in [-0.15, -0.1) is 0 Å². The van der Waals surface area contributed by atoms with Crippen molar-refractivity contribution in [2.75, 3.05) is 27.2 Å². The number of Topliss-reactive ketones (excluding diaryl/α,β-unsaturated/α-hetero) is 1. The van der Waals surface area contributed by atoms with Crippen molar-refractivity contribution < 1.29 is 14.4 Å². The van der Waals surface area contributed by atoms with Crippen molar-refractivity contribution in [2.24, 2.45) is 5.92 Å². The summed E-state index contributed by atoms with van der Waals surface area (Å²) in [5, 5.41) is 1.13. The number of piperidine rings is 1. The molecule has 1 heterocycles. The first-order valence-electron chi connectivity index (χ1n) is 6.72. The van der Waals surface area contributed by atoms with Gasteiger partial charge in [-0.3, -0.25) is 19.3 Å². The van der Waals surface area contributed by atoms with Gasteiger partial charge in [0.2, 0.25) is 0 Å². The van der Waals surface area contributed by atoms with Crippen LogP contribution in [0.4, 0.5) is 0 Å². The maximum absolute atomic E-state index is 12.1. The highest BCUT2D eigenvalue weighted by Crippen LogP contribution is 2.18. The third-order valence-electron chi connectivity index (χ3n) is 3.63. The number of carbonyl (C=O) groups is 2. The van der Waals surface area contributed by atoms with Gasteiger partial charge in [0.05, 0.1) is 13.7 Å². The molecule has 0 saturated carbocycles. The first-order valence-corrected chi connectivity index (χ1v) is 6.72. The Bertz CT molecular complexity index is 475. The fraction of sp³-hybridized carbons (Fsp3) is 0.467. The van der Waals surface area contributed by atoms with Crippen LogP contribution in [0.25, 0.3) is 0 Å². The summed E-state index contributed by atoms with van der Waals surface area (Å²) in [6.45, 7) is 1.81. The van der Waals surface area contributed by atoms with Crippen molar-refractivity contribution in [1.82, 2.24) is 9.96 Å². The van der Waals surface area contributed by atoms with E-state index in [2.05, 4.69) is 4.90 Å². The molecule has 1 aliphatic heterocycles. The summed E-state index contributed by atoms with van der Waals surface area (Å²) in [6.07, 6.45) is 0.554. The summed E-state index contributed by atoms with van der Waals surface area (Å²) in [4.78, 5) is 31.0. The van der Waals surface area contributed by atoms with E-state index in [0.29, 0.717) is 13.0 Å². The largest absolute Gasteiger partial charge is 0.297 e. The van der Waals surface area contributed by atoms with E-state index in [9.17, 15) is 9.59 Å². The van der Waals surface area contributed by atoms with E-state index in [0.717, 1.165) is 18.2 Å². The molecule has 108 valence electrons. The second-order valence-electron chi connectivity index (χ2n) is 5.02. The van der Waals surface area contributed by atoms with Crippen LogP contribution < -0.4 is 0 Å². The van der Waals surface area contributed by atoms with Gasteiger partial charge in [-0.05, 0) is 12.0 Å². The Kier molecular flexibility index (Phi) is 4.87. The zero-order valence-electron chi connectivity index (χ0n) is 11.9. The lowest BCUT2D eigenvalue weighted by atomic mass is 9.94. The van der Waals surface area contributed by atoms with Crippen LogP contribution in [0, 0.1) is 5.92 Å². The fourth-order valence-electron chi connectivity index (χ4n) is 2.43. The number of rotatable bonds is 4. The van der Waals surface area contributed by atoms with Crippen LogP contribution in [-0.2, 0) is 21.0 Å². The van der Waals surface area contributed by atoms with Crippen LogP contribution in [0.15, 0.2) is 30.3 Å². The van der Waals surface area contributed by atoms with Crippen molar-refractivity contribution >= 4 is 11.7 Å². The number of nitrogens with zero attached hydrogens (tertiary/aromatic N) is 2. The minimum absolute atomic E-state index is 0.0268. The molecule has 1 aromatic rings. The molecule has 1 aliphatic rings. The van der Waals surface area contributed by atoms with Crippen LogP contribution >= 0.6 is 0 Å². The van der Waals surface area contributed by atoms with Crippen LogP contribution in [0.1, 0.15) is 12.0 Å². The lowest BCUT2D eigenvalue weighted by Gasteiger charge is -2.31. The molecule has 20 heavy (non-hydrogen) atoms. The van der Waals surface area contributed by atoms with E-state index in [1.165, 1.54) is 19.7 Å². The third kappa shape index (κ3) is 3.43. The summed E-state index contributed by atoms with van der Waals surface area (Å²) < 4.78 is 0. The highest BCUT2D eigenvalue weighted by Gasteiger charge is 2.34. The Morgan fingerprint density at radius 1 is 1.40 bits per heavy atom. The van der Waals surface area contributed by atoms with Crippen LogP contribution in [0.5, 0.6) is 0 Å². The quantitative estimate of drug-likeness (QED) is 0.610. The first-order chi connectivity index (χ1) is 9.61. The summed E-state index contributed by atoms with van der Waals surface area (Å²) >= 11 is 0. The van der Waals surface area contributed by atoms with Crippen molar-refractivity contribution in [1.29, 1.82) is 0 Å². The van der Waals surface area contributed by atoms with E-state index >= 15 is 0 Å². The molecule has 0 bridgehead atoms. The second-order valence-corrected chi connectivity index (χ2v) is 5.02. The minimum atomic E-state index is -0.563. The molecule has 0 aliphatic carbocycles. The van der Waals surface area contributed by atoms with Gasteiger partial charge in [0, 0.05) is 20.1 Å². The maximum atomic E-state index is 12.1. The Balaban J connectivity index is 1.92. The predicted molar refractivity (Wildman–Crippen MR) is 74.6 cm³/mol. The van der Waals surface area contributed by atoms with Gasteiger partial charge in [0.1, 0.15) is 5.92 Å². The molecule has 1 fully saturated rings. The molecular formula is C15H20N2O3. The average Bonchev–Trinajstić information content (AvgIpc) is 2.47. The third-order valence-corrected chi connectivity index (χ3v) is 3.63. The Morgan fingerprint density at radius 3 is 2.70 bits per heavy atom. The molecule has 0 spiro atoms. The average molecular weight is 276 g/mol. The van der Waals surface area contributed by atoms with E-state index in [1.807, 2.05) is 30.3 Å². The summed E-state index contributed by atoms with van der Waals surface area (Å²) in [6, 6.07) is 10.0. The lowest BCUT2D eigenvalue weighted by molar-refractivity contribution is -0.176. The van der Waals surface area contributed by atoms with Crippen molar-refractivity contribution in [3.05, 3.63) is 35.9 Å². The molecule has 1 saturated heterocycles. The molecule has 5 nitrogen and oxygen atoms in total. The molecule has 1 unspecified atom stereocenters. The molecule has 1 amide bonds. The lowest BCUT2D eigenvalue weighted by Crippen LogP contribution is -2.46. The zero-order valence-corrected chi connectivity index (χ0v) is 11.9. The molecular weight excluding hydrogens is 256 g/mol. The Labute approximate surface area is 119 Å². The number of hydroxylamine groups is 2. The number of hydrogen-bond acceptors (Lipinski definition) is 4. The van der Waals surface area contributed by atoms with E-state index in [-0.39, 0.29) is 11.7 Å². The molecule has 1 atom stereocenters. The second kappa shape index (κ2) is 6.63. The number of amides is 1. The normalized spacial score (nSPS) is 19.9. The Morgan fingerprint density at radius 2 is 2.10 bits per heavy atom. The molecule has 5 heteroatoms. The molecule has 0 radical (unpaired) electrons. The summed E-state index contributed by atoms with van der Waals surface area (Å²) in [5.41, 5.74) is 1.18.